The van der Waals surface area contributed by atoms with Gasteiger partial charge in [0, 0.05) is 6.42 Å². The van der Waals surface area contributed by atoms with E-state index in [1.807, 2.05) is 0 Å². The number of carbonyl (C=O) groups is 5. The third kappa shape index (κ3) is 8.72. The lowest BCUT2D eigenvalue weighted by Gasteiger charge is -2.25. The first-order chi connectivity index (χ1) is 14.9. The Hall–Kier alpha value is -3.47. The maximum absolute atomic E-state index is 12.9. The fourth-order valence-corrected chi connectivity index (χ4v) is 2.81. The van der Waals surface area contributed by atoms with Crippen molar-refractivity contribution in [2.75, 3.05) is 0 Å². The van der Waals surface area contributed by atoms with Gasteiger partial charge < -0.3 is 32.5 Å². The van der Waals surface area contributed by atoms with Crippen LogP contribution < -0.4 is 27.4 Å². The van der Waals surface area contributed by atoms with E-state index in [2.05, 4.69) is 16.0 Å². The molecule has 8 N–H and O–H groups in total. The summed E-state index contributed by atoms with van der Waals surface area (Å²) in [5, 5.41) is 16.5. The van der Waals surface area contributed by atoms with Gasteiger partial charge in [0.25, 0.3) is 0 Å². The number of benzene rings is 1. The number of carboxylic acids is 1. The minimum absolute atomic E-state index is 0.0970. The average molecular weight is 450 g/mol. The summed E-state index contributed by atoms with van der Waals surface area (Å²) in [5.74, 6) is -4.79. The van der Waals surface area contributed by atoms with Gasteiger partial charge in [-0.15, -0.1) is 0 Å². The topological polar surface area (TPSA) is 194 Å². The molecule has 11 heteroatoms. The molecule has 0 bridgehead atoms. The van der Waals surface area contributed by atoms with Crippen LogP contribution in [0.2, 0.25) is 0 Å². The molecule has 11 nitrogen and oxygen atoms in total. The molecule has 0 heterocycles. The number of carbonyl (C=O) groups excluding carboxylic acids is 4. The fourth-order valence-electron chi connectivity index (χ4n) is 2.81. The van der Waals surface area contributed by atoms with E-state index in [4.69, 9.17) is 11.5 Å². The Kier molecular flexibility index (Phi) is 10.3. The molecule has 1 aromatic rings. The van der Waals surface area contributed by atoms with Crippen LogP contribution in [-0.4, -0.2) is 58.9 Å². The summed E-state index contributed by atoms with van der Waals surface area (Å²) in [6.45, 7) is 4.65. The molecule has 0 aliphatic carbocycles. The normalized spacial score (nSPS) is 14.5. The number of hydrogen-bond acceptors (Lipinski definition) is 6. The first-order valence-corrected chi connectivity index (χ1v) is 10.1. The number of primary amides is 1. The highest BCUT2D eigenvalue weighted by Crippen LogP contribution is 2.07. The van der Waals surface area contributed by atoms with Gasteiger partial charge in [-0.05, 0) is 18.4 Å². The van der Waals surface area contributed by atoms with E-state index in [-0.39, 0.29) is 6.42 Å². The fraction of sp³-hybridized carbons (Fsp3) is 0.476. The van der Waals surface area contributed by atoms with Crippen molar-refractivity contribution < 1.29 is 29.1 Å². The van der Waals surface area contributed by atoms with E-state index in [1.165, 1.54) is 6.92 Å². The molecule has 0 saturated carbocycles. The third-order valence-electron chi connectivity index (χ3n) is 4.60. The second-order valence-electron chi connectivity index (χ2n) is 7.84. The zero-order valence-electron chi connectivity index (χ0n) is 18.3. The molecule has 0 aromatic heterocycles. The van der Waals surface area contributed by atoms with E-state index in [0.29, 0.717) is 0 Å². The summed E-state index contributed by atoms with van der Waals surface area (Å²) in [6.07, 6.45) is -0.457. The molecule has 0 fully saturated rings. The number of carboxylic acid groups (broad SMARTS) is 1. The van der Waals surface area contributed by atoms with E-state index >= 15 is 0 Å². The Bertz CT molecular complexity index is 827. The van der Waals surface area contributed by atoms with Gasteiger partial charge >= 0.3 is 5.97 Å². The molecule has 4 atom stereocenters. The summed E-state index contributed by atoms with van der Waals surface area (Å²) < 4.78 is 0. The molecule has 1 aromatic carbocycles. The van der Waals surface area contributed by atoms with Crippen molar-refractivity contribution in [2.24, 2.45) is 17.4 Å². The molecular weight excluding hydrogens is 418 g/mol. The lowest BCUT2D eigenvalue weighted by molar-refractivity contribution is -0.143. The van der Waals surface area contributed by atoms with Gasteiger partial charge in [-0.3, -0.25) is 19.2 Å². The maximum atomic E-state index is 12.9. The Morgan fingerprint density at radius 3 is 1.88 bits per heavy atom. The molecule has 4 amide bonds. The number of aliphatic carboxylic acids is 1. The summed E-state index contributed by atoms with van der Waals surface area (Å²) >= 11 is 0. The van der Waals surface area contributed by atoms with Crippen LogP contribution in [0.1, 0.15) is 32.8 Å². The molecule has 0 saturated heterocycles. The van der Waals surface area contributed by atoms with Gasteiger partial charge in [0.2, 0.25) is 23.6 Å². The lowest BCUT2D eigenvalue weighted by Crippen LogP contribution is -2.58. The highest BCUT2D eigenvalue weighted by atomic mass is 16.4. The van der Waals surface area contributed by atoms with Gasteiger partial charge in [-0.25, -0.2) is 4.79 Å². The lowest BCUT2D eigenvalue weighted by atomic mass is 10.0. The van der Waals surface area contributed by atoms with Gasteiger partial charge in [0.05, 0.1) is 12.5 Å². The quantitative estimate of drug-likeness (QED) is 0.227. The van der Waals surface area contributed by atoms with Gasteiger partial charge in [0.1, 0.15) is 18.1 Å². The summed E-state index contributed by atoms with van der Waals surface area (Å²) in [6, 6.07) is 4.20. The van der Waals surface area contributed by atoms with Crippen LogP contribution in [0.4, 0.5) is 0 Å². The molecule has 0 aliphatic heterocycles. The highest BCUT2D eigenvalue weighted by molar-refractivity contribution is 5.96. The smallest absolute Gasteiger partial charge is 0.326 e. The Labute approximate surface area is 186 Å². The van der Waals surface area contributed by atoms with Gasteiger partial charge in [-0.1, -0.05) is 44.2 Å². The van der Waals surface area contributed by atoms with Crippen LogP contribution in [0.25, 0.3) is 0 Å². The first-order valence-electron chi connectivity index (χ1n) is 10.1. The summed E-state index contributed by atoms with van der Waals surface area (Å²) in [4.78, 5) is 60.5. The molecule has 1 rings (SSSR count). The van der Waals surface area contributed by atoms with Crippen LogP contribution in [0, 0.1) is 5.92 Å². The summed E-state index contributed by atoms with van der Waals surface area (Å²) in [5.41, 5.74) is 11.5. The Morgan fingerprint density at radius 1 is 0.875 bits per heavy atom. The van der Waals surface area contributed by atoms with Crippen molar-refractivity contribution in [2.45, 2.75) is 57.8 Å². The van der Waals surface area contributed by atoms with E-state index < -0.39 is 66.1 Å². The Morgan fingerprint density at radius 2 is 1.41 bits per heavy atom. The largest absolute Gasteiger partial charge is 0.480 e. The van der Waals surface area contributed by atoms with Gasteiger partial charge in [0.15, 0.2) is 0 Å². The van der Waals surface area contributed by atoms with Crippen LogP contribution in [0.15, 0.2) is 30.3 Å². The second kappa shape index (κ2) is 12.4. The number of amides is 4. The zero-order valence-corrected chi connectivity index (χ0v) is 18.3. The monoisotopic (exact) mass is 449 g/mol. The van der Waals surface area contributed by atoms with Crippen molar-refractivity contribution in [3.63, 3.8) is 0 Å². The number of nitrogens with one attached hydrogen (secondary N) is 3. The predicted octanol–water partition coefficient (Wildman–Crippen LogP) is -1.35. The number of hydrogen-bond donors (Lipinski definition) is 6. The molecule has 0 aliphatic rings. The molecule has 176 valence electrons. The minimum atomic E-state index is -1.42. The van der Waals surface area contributed by atoms with Crippen molar-refractivity contribution >= 4 is 29.6 Å². The van der Waals surface area contributed by atoms with Crippen LogP contribution in [0.3, 0.4) is 0 Å². The standard InChI is InChI=1S/C21H31N5O6/c1-11(2)17(21(31)32)26-20(30)15(10-16(23)27)25-19(29)14(24-18(28)12(3)22)9-13-7-5-4-6-8-13/h4-8,11-12,14-15,17H,9-10,22H2,1-3H3,(H2,23,27)(H,24,28)(H,25,29)(H,26,30)(H,31,32). The Balaban J connectivity index is 3.07. The third-order valence-corrected chi connectivity index (χ3v) is 4.60. The van der Waals surface area contributed by atoms with Crippen LogP contribution in [-0.2, 0) is 30.4 Å². The molecule has 0 radical (unpaired) electrons. The number of nitrogens with two attached hydrogens (primary N) is 2. The van der Waals surface area contributed by atoms with Crippen molar-refractivity contribution in [3.05, 3.63) is 35.9 Å². The minimum Gasteiger partial charge on any atom is -0.480 e. The molecular formula is C21H31N5O6. The zero-order chi connectivity index (χ0) is 24.4. The maximum Gasteiger partial charge on any atom is 0.326 e. The SMILES string of the molecule is CC(N)C(=O)NC(Cc1ccccc1)C(=O)NC(CC(N)=O)C(=O)NC(C(=O)O)C(C)C. The van der Waals surface area contributed by atoms with Crippen LogP contribution >= 0.6 is 0 Å². The molecule has 32 heavy (non-hydrogen) atoms. The van der Waals surface area contributed by atoms with Gasteiger partial charge in [-0.2, -0.15) is 0 Å². The molecule has 0 spiro atoms. The second-order valence-corrected chi connectivity index (χ2v) is 7.84. The number of rotatable bonds is 12. The van der Waals surface area contributed by atoms with E-state index in [1.54, 1.807) is 44.2 Å². The summed E-state index contributed by atoms with van der Waals surface area (Å²) in [7, 11) is 0. The van der Waals surface area contributed by atoms with Crippen molar-refractivity contribution in [3.8, 4) is 0 Å². The predicted molar refractivity (Wildman–Crippen MR) is 116 cm³/mol. The molecule has 4 unspecified atom stereocenters. The van der Waals surface area contributed by atoms with E-state index in [9.17, 15) is 29.1 Å². The highest BCUT2D eigenvalue weighted by Gasteiger charge is 2.32. The average Bonchev–Trinajstić information content (AvgIpc) is 2.70. The van der Waals surface area contributed by atoms with Crippen molar-refractivity contribution in [1.82, 2.24) is 16.0 Å². The first kappa shape index (κ1) is 26.6. The van der Waals surface area contributed by atoms with Crippen molar-refractivity contribution in [1.29, 1.82) is 0 Å². The van der Waals surface area contributed by atoms with E-state index in [0.717, 1.165) is 5.56 Å². The van der Waals surface area contributed by atoms with Crippen LogP contribution in [0.5, 0.6) is 0 Å².